The van der Waals surface area contributed by atoms with E-state index in [4.69, 9.17) is 4.74 Å². The van der Waals surface area contributed by atoms with Crippen LogP contribution in [0.2, 0.25) is 0 Å². The highest BCUT2D eigenvalue weighted by Gasteiger charge is 2.34. The number of nitrogens with zero attached hydrogens (tertiary/aromatic N) is 1. The summed E-state index contributed by atoms with van der Waals surface area (Å²) in [5, 5.41) is 29.2. The van der Waals surface area contributed by atoms with E-state index in [9.17, 15) is 37.9 Å². The second kappa shape index (κ2) is 15.9. The van der Waals surface area contributed by atoms with E-state index in [1.807, 2.05) is 30.4 Å². The molecule has 3 amide bonds. The summed E-state index contributed by atoms with van der Waals surface area (Å²) in [5.41, 5.74) is 1.52. The van der Waals surface area contributed by atoms with Crippen LogP contribution in [-0.2, 0) is 20.9 Å². The standard InChI is InChI=1S/C31H38F3N5O5/c1-19-9-11-21(12-10-19)16-36-28(42)25(38-29(43)26(20(2)40)37-18-31(32,33)34)17-44-24-8-6-7-22(14-24)13-23(15-35)27(41)39-30(3,4)5/h6-14,20,25-26,37,40H,16-18H2,1-5H3,(H,36,42)(H,38,43)(H,39,41)/t20-,25?,26+/m1/s1. The summed E-state index contributed by atoms with van der Waals surface area (Å²) < 4.78 is 44.1. The van der Waals surface area contributed by atoms with E-state index in [-0.39, 0.29) is 17.9 Å². The molecule has 13 heteroatoms. The number of halogens is 3. The summed E-state index contributed by atoms with van der Waals surface area (Å²) >= 11 is 0. The maximum atomic E-state index is 13.1. The Bertz CT molecular complexity index is 1360. The van der Waals surface area contributed by atoms with Gasteiger partial charge in [-0.25, -0.2) is 0 Å². The number of aliphatic hydroxyl groups excluding tert-OH is 1. The highest BCUT2D eigenvalue weighted by molar-refractivity contribution is 6.02. The summed E-state index contributed by atoms with van der Waals surface area (Å²) in [6, 6.07) is 12.4. The first-order valence-electron chi connectivity index (χ1n) is 13.8. The zero-order chi connectivity index (χ0) is 33.1. The first-order valence-corrected chi connectivity index (χ1v) is 13.8. The van der Waals surface area contributed by atoms with Gasteiger partial charge in [-0.05, 0) is 64.0 Å². The Labute approximate surface area is 254 Å². The van der Waals surface area contributed by atoms with Crippen molar-refractivity contribution in [1.29, 1.82) is 5.26 Å². The molecular weight excluding hydrogens is 579 g/mol. The molecule has 0 bridgehead atoms. The van der Waals surface area contributed by atoms with Crippen LogP contribution in [0.3, 0.4) is 0 Å². The van der Waals surface area contributed by atoms with Gasteiger partial charge in [0, 0.05) is 12.1 Å². The Hall–Kier alpha value is -4.41. The van der Waals surface area contributed by atoms with Crippen molar-refractivity contribution >= 4 is 23.8 Å². The first kappa shape index (κ1) is 35.8. The van der Waals surface area contributed by atoms with E-state index < -0.39 is 60.8 Å². The van der Waals surface area contributed by atoms with Crippen molar-refractivity contribution in [3.8, 4) is 11.8 Å². The normalized spacial score (nSPS) is 14.0. The molecule has 0 saturated heterocycles. The second-order valence-corrected chi connectivity index (χ2v) is 11.2. The number of hydrogen-bond acceptors (Lipinski definition) is 7. The molecular formula is C31H38F3N5O5. The van der Waals surface area contributed by atoms with Gasteiger partial charge in [0.1, 0.15) is 36.1 Å². The van der Waals surface area contributed by atoms with Gasteiger partial charge in [-0.3, -0.25) is 19.7 Å². The van der Waals surface area contributed by atoms with Gasteiger partial charge >= 0.3 is 6.18 Å². The predicted octanol–water partition coefficient (Wildman–Crippen LogP) is 2.90. The van der Waals surface area contributed by atoms with Crippen molar-refractivity contribution in [2.75, 3.05) is 13.2 Å². The quantitative estimate of drug-likeness (QED) is 0.171. The van der Waals surface area contributed by atoms with Crippen molar-refractivity contribution in [2.45, 2.75) is 71.1 Å². The van der Waals surface area contributed by atoms with Crippen LogP contribution in [0.25, 0.3) is 6.08 Å². The lowest BCUT2D eigenvalue weighted by molar-refractivity contribution is -0.138. The third-order valence-electron chi connectivity index (χ3n) is 5.95. The Morgan fingerprint density at radius 2 is 1.73 bits per heavy atom. The molecule has 2 aromatic rings. The number of carbonyl (C=O) groups excluding carboxylic acids is 3. The Balaban J connectivity index is 2.24. The fourth-order valence-corrected chi connectivity index (χ4v) is 3.77. The highest BCUT2D eigenvalue weighted by Crippen LogP contribution is 2.17. The van der Waals surface area contributed by atoms with Gasteiger partial charge in [-0.15, -0.1) is 0 Å². The summed E-state index contributed by atoms with van der Waals surface area (Å²) in [5.74, 6) is -2.06. The molecule has 0 heterocycles. The molecule has 0 aliphatic heterocycles. The summed E-state index contributed by atoms with van der Waals surface area (Å²) in [4.78, 5) is 38.5. The molecule has 2 aromatic carbocycles. The maximum absolute atomic E-state index is 13.1. The molecule has 5 N–H and O–H groups in total. The van der Waals surface area contributed by atoms with Gasteiger partial charge in [0.15, 0.2) is 0 Å². The number of amides is 3. The minimum atomic E-state index is -4.64. The van der Waals surface area contributed by atoms with E-state index in [2.05, 4.69) is 16.0 Å². The molecule has 0 saturated carbocycles. The SMILES string of the molecule is Cc1ccc(CNC(=O)C(COc2cccc(C=C(C#N)C(=O)NC(C)(C)C)c2)NC(=O)[C@@H](NCC(F)(F)F)[C@@H](C)O)cc1. The minimum Gasteiger partial charge on any atom is -0.491 e. The number of hydrogen-bond donors (Lipinski definition) is 5. The van der Waals surface area contributed by atoms with Crippen molar-refractivity contribution in [1.82, 2.24) is 21.3 Å². The lowest BCUT2D eigenvalue weighted by atomic mass is 10.1. The van der Waals surface area contributed by atoms with Crippen LogP contribution in [0.1, 0.15) is 44.4 Å². The van der Waals surface area contributed by atoms with Crippen LogP contribution in [0, 0.1) is 18.3 Å². The number of alkyl halides is 3. The third kappa shape index (κ3) is 12.8. The van der Waals surface area contributed by atoms with Crippen LogP contribution in [0.4, 0.5) is 13.2 Å². The Morgan fingerprint density at radius 1 is 1.07 bits per heavy atom. The van der Waals surface area contributed by atoms with Crippen molar-refractivity contribution < 1.29 is 37.4 Å². The monoisotopic (exact) mass is 617 g/mol. The fraction of sp³-hybridized carbons (Fsp3) is 0.419. The number of aliphatic hydroxyl groups is 1. The van der Waals surface area contributed by atoms with E-state index in [1.165, 1.54) is 12.1 Å². The molecule has 0 radical (unpaired) electrons. The van der Waals surface area contributed by atoms with Crippen LogP contribution in [0.5, 0.6) is 5.75 Å². The van der Waals surface area contributed by atoms with Crippen LogP contribution in [-0.4, -0.2) is 65.9 Å². The number of nitrogens with one attached hydrogen (secondary N) is 4. The fourth-order valence-electron chi connectivity index (χ4n) is 3.77. The van der Waals surface area contributed by atoms with E-state index in [0.29, 0.717) is 5.56 Å². The molecule has 10 nitrogen and oxygen atoms in total. The zero-order valence-corrected chi connectivity index (χ0v) is 25.2. The zero-order valence-electron chi connectivity index (χ0n) is 25.2. The number of benzene rings is 2. The van der Waals surface area contributed by atoms with Crippen LogP contribution >= 0.6 is 0 Å². The second-order valence-electron chi connectivity index (χ2n) is 11.2. The first-order chi connectivity index (χ1) is 20.5. The lowest BCUT2D eigenvalue weighted by Crippen LogP contribution is -2.58. The number of ether oxygens (including phenoxy) is 1. The van der Waals surface area contributed by atoms with Crippen molar-refractivity contribution in [2.24, 2.45) is 0 Å². The lowest BCUT2D eigenvalue weighted by Gasteiger charge is -2.25. The molecule has 1 unspecified atom stereocenters. The van der Waals surface area contributed by atoms with E-state index >= 15 is 0 Å². The molecule has 238 valence electrons. The number of carbonyl (C=O) groups is 3. The molecule has 0 fully saturated rings. The molecule has 0 aromatic heterocycles. The van der Waals surface area contributed by atoms with Gasteiger partial charge < -0.3 is 25.8 Å². The average molecular weight is 618 g/mol. The number of aryl methyl sites for hydroxylation is 1. The van der Waals surface area contributed by atoms with Crippen LogP contribution in [0.15, 0.2) is 54.1 Å². The van der Waals surface area contributed by atoms with Gasteiger partial charge in [0.05, 0.1) is 12.6 Å². The molecule has 3 atom stereocenters. The Kier molecular flexibility index (Phi) is 12.9. The Morgan fingerprint density at radius 3 is 2.30 bits per heavy atom. The molecule has 2 rings (SSSR count). The van der Waals surface area contributed by atoms with Gasteiger partial charge in [0.2, 0.25) is 11.8 Å². The molecule has 0 aliphatic rings. The number of rotatable bonds is 13. The van der Waals surface area contributed by atoms with E-state index in [1.54, 1.807) is 51.1 Å². The minimum absolute atomic E-state index is 0.103. The number of nitriles is 1. The molecule has 0 aliphatic carbocycles. The predicted molar refractivity (Wildman–Crippen MR) is 158 cm³/mol. The van der Waals surface area contributed by atoms with Gasteiger partial charge in [-0.2, -0.15) is 18.4 Å². The molecule has 44 heavy (non-hydrogen) atoms. The topological polar surface area (TPSA) is 153 Å². The third-order valence-corrected chi connectivity index (χ3v) is 5.95. The van der Waals surface area contributed by atoms with Crippen LogP contribution < -0.4 is 26.0 Å². The average Bonchev–Trinajstić information content (AvgIpc) is 2.92. The van der Waals surface area contributed by atoms with Crippen molar-refractivity contribution in [3.63, 3.8) is 0 Å². The smallest absolute Gasteiger partial charge is 0.401 e. The summed E-state index contributed by atoms with van der Waals surface area (Å²) in [6.45, 7) is 6.51. The summed E-state index contributed by atoms with van der Waals surface area (Å²) in [6.07, 6.45) is -4.79. The summed E-state index contributed by atoms with van der Waals surface area (Å²) in [7, 11) is 0. The van der Waals surface area contributed by atoms with E-state index in [0.717, 1.165) is 18.1 Å². The molecule has 0 spiro atoms. The van der Waals surface area contributed by atoms with Crippen molar-refractivity contribution in [3.05, 3.63) is 70.8 Å². The van der Waals surface area contributed by atoms with Gasteiger partial charge in [0.25, 0.3) is 5.91 Å². The maximum Gasteiger partial charge on any atom is 0.401 e. The highest BCUT2D eigenvalue weighted by atomic mass is 19.4. The van der Waals surface area contributed by atoms with Gasteiger partial charge in [-0.1, -0.05) is 42.0 Å². The largest absolute Gasteiger partial charge is 0.491 e.